The van der Waals surface area contributed by atoms with Crippen molar-refractivity contribution in [1.29, 1.82) is 0 Å². The molecule has 0 spiro atoms. The number of nitrogens with zero attached hydrogens (tertiary/aromatic N) is 1. The number of likely N-dealkylation sites (tertiary alicyclic amines) is 1. The van der Waals surface area contributed by atoms with Gasteiger partial charge in [0.1, 0.15) is 6.29 Å². The lowest BCUT2D eigenvalue weighted by Crippen LogP contribution is -2.40. The molecule has 120 valence electrons. The van der Waals surface area contributed by atoms with E-state index in [9.17, 15) is 9.59 Å². The Morgan fingerprint density at radius 2 is 1.75 bits per heavy atom. The second-order valence-electron chi connectivity index (χ2n) is 5.90. The largest absolute Gasteiger partial charge is 0.333 e. The molecule has 3 nitrogen and oxygen atoms in total. The van der Waals surface area contributed by atoms with Crippen molar-refractivity contribution in [3.8, 4) is 0 Å². The molecule has 1 aliphatic rings. The molecule has 1 rings (SSSR count). The molecule has 0 radical (unpaired) electrons. The third-order valence-corrected chi connectivity index (χ3v) is 2.98. The number of aldehydes is 1. The predicted molar refractivity (Wildman–Crippen MR) is 90.3 cm³/mol. The van der Waals surface area contributed by atoms with Crippen LogP contribution in [0.5, 0.6) is 0 Å². The summed E-state index contributed by atoms with van der Waals surface area (Å²) in [6.45, 7) is 13.3. The van der Waals surface area contributed by atoms with Gasteiger partial charge in [0, 0.05) is 18.2 Å². The van der Waals surface area contributed by atoms with Crippen molar-refractivity contribution in [3.05, 3.63) is 0 Å². The Hall–Kier alpha value is -0.510. The third kappa shape index (κ3) is 10.3. The SMILES string of the molecule is CC(C)C.CCC.C[C@H](CS)C(=O)N1CCC[C@H]1C=O. The summed E-state index contributed by atoms with van der Waals surface area (Å²) in [5.74, 6) is 1.36. The quantitative estimate of drug-likeness (QED) is 0.635. The molecule has 0 N–H and O–H groups in total. The van der Waals surface area contributed by atoms with Gasteiger partial charge in [-0.2, -0.15) is 12.6 Å². The molecule has 4 heteroatoms. The highest BCUT2D eigenvalue weighted by Gasteiger charge is 2.30. The van der Waals surface area contributed by atoms with Crippen LogP contribution < -0.4 is 0 Å². The van der Waals surface area contributed by atoms with Crippen LogP contribution in [0.15, 0.2) is 0 Å². The van der Waals surface area contributed by atoms with Crippen molar-refractivity contribution < 1.29 is 9.59 Å². The van der Waals surface area contributed by atoms with Crippen LogP contribution in [-0.2, 0) is 9.59 Å². The van der Waals surface area contributed by atoms with Crippen molar-refractivity contribution >= 4 is 24.8 Å². The first-order valence-electron chi connectivity index (χ1n) is 7.72. The van der Waals surface area contributed by atoms with E-state index in [2.05, 4.69) is 47.2 Å². The van der Waals surface area contributed by atoms with Crippen molar-refractivity contribution in [2.24, 2.45) is 11.8 Å². The summed E-state index contributed by atoms with van der Waals surface area (Å²) in [6.07, 6.45) is 3.87. The fourth-order valence-electron chi connectivity index (χ4n) is 1.57. The van der Waals surface area contributed by atoms with Gasteiger partial charge in [0.2, 0.25) is 5.91 Å². The van der Waals surface area contributed by atoms with E-state index >= 15 is 0 Å². The number of thiol groups is 1. The van der Waals surface area contributed by atoms with Crippen molar-refractivity contribution in [3.63, 3.8) is 0 Å². The lowest BCUT2D eigenvalue weighted by molar-refractivity contribution is -0.137. The van der Waals surface area contributed by atoms with Gasteiger partial charge in [-0.25, -0.2) is 0 Å². The van der Waals surface area contributed by atoms with E-state index in [-0.39, 0.29) is 17.9 Å². The van der Waals surface area contributed by atoms with Gasteiger partial charge in [0.05, 0.1) is 6.04 Å². The van der Waals surface area contributed by atoms with Gasteiger partial charge >= 0.3 is 0 Å². The highest BCUT2D eigenvalue weighted by molar-refractivity contribution is 7.80. The first-order valence-corrected chi connectivity index (χ1v) is 8.35. The standard InChI is InChI=1S/C9H15NO2S.C4H10.C3H8/c1-7(6-13)9(12)10-4-2-3-8(10)5-11;1-4(2)3;1-3-2/h5,7-8,13H,2-4,6H2,1H3;4H,1-3H3;3H2,1-2H3/t7-,8+;;/m1../s1. The molecule has 1 amide bonds. The molecule has 20 heavy (non-hydrogen) atoms. The maximum atomic E-state index is 11.7. The molecule has 1 fully saturated rings. The van der Waals surface area contributed by atoms with Gasteiger partial charge < -0.3 is 9.69 Å². The normalized spacial score (nSPS) is 18.6. The summed E-state index contributed by atoms with van der Waals surface area (Å²) in [4.78, 5) is 24.0. The zero-order chi connectivity index (χ0) is 16.1. The summed E-state index contributed by atoms with van der Waals surface area (Å²) >= 11 is 4.07. The Balaban J connectivity index is 0. The highest BCUT2D eigenvalue weighted by Crippen LogP contribution is 2.18. The van der Waals surface area contributed by atoms with Crippen LogP contribution >= 0.6 is 12.6 Å². The molecule has 0 saturated carbocycles. The fraction of sp³-hybridized carbons (Fsp3) is 0.875. The minimum absolute atomic E-state index is 0.0598. The van der Waals surface area contributed by atoms with E-state index in [4.69, 9.17) is 0 Å². The van der Waals surface area contributed by atoms with E-state index < -0.39 is 0 Å². The van der Waals surface area contributed by atoms with E-state index in [0.717, 1.165) is 31.6 Å². The van der Waals surface area contributed by atoms with E-state index in [1.807, 2.05) is 6.92 Å². The molecular weight excluding hydrogens is 270 g/mol. The molecule has 0 aromatic heterocycles. The fourth-order valence-corrected chi connectivity index (χ4v) is 1.72. The molecule has 1 aliphatic heterocycles. The lowest BCUT2D eigenvalue weighted by Gasteiger charge is -2.23. The number of hydrogen-bond donors (Lipinski definition) is 1. The van der Waals surface area contributed by atoms with Crippen molar-refractivity contribution in [1.82, 2.24) is 4.90 Å². The minimum Gasteiger partial charge on any atom is -0.333 e. The molecule has 0 aliphatic carbocycles. The second-order valence-corrected chi connectivity index (χ2v) is 6.27. The summed E-state index contributed by atoms with van der Waals surface area (Å²) in [6, 6.07) is -0.185. The number of hydrogen-bond acceptors (Lipinski definition) is 3. The minimum atomic E-state index is -0.185. The molecular formula is C16H33NO2S. The van der Waals surface area contributed by atoms with Gasteiger partial charge in [-0.05, 0) is 18.8 Å². The van der Waals surface area contributed by atoms with Crippen LogP contribution in [0, 0.1) is 11.8 Å². The number of carbonyl (C=O) groups excluding carboxylic acids is 2. The van der Waals surface area contributed by atoms with Crippen LogP contribution in [-0.4, -0.2) is 35.4 Å². The first kappa shape index (κ1) is 21.8. The van der Waals surface area contributed by atoms with Gasteiger partial charge in [0.15, 0.2) is 0 Å². The number of rotatable bonds is 3. The molecule has 1 heterocycles. The average Bonchev–Trinajstić information content (AvgIpc) is 2.85. The Bertz CT molecular complexity index is 254. The van der Waals surface area contributed by atoms with Gasteiger partial charge in [0.25, 0.3) is 0 Å². The summed E-state index contributed by atoms with van der Waals surface area (Å²) in [5, 5.41) is 0. The lowest BCUT2D eigenvalue weighted by atomic mass is 10.1. The second kappa shape index (κ2) is 13.5. The Morgan fingerprint density at radius 3 is 2.10 bits per heavy atom. The third-order valence-electron chi connectivity index (χ3n) is 2.43. The maximum Gasteiger partial charge on any atom is 0.226 e. The van der Waals surface area contributed by atoms with Crippen LogP contribution in [0.2, 0.25) is 0 Å². The van der Waals surface area contributed by atoms with Gasteiger partial charge in [-0.15, -0.1) is 0 Å². The summed E-state index contributed by atoms with van der Waals surface area (Å²) in [7, 11) is 0. The molecule has 0 aromatic carbocycles. The topological polar surface area (TPSA) is 37.4 Å². The Labute approximate surface area is 130 Å². The maximum absolute atomic E-state index is 11.7. The molecule has 0 unspecified atom stereocenters. The van der Waals surface area contributed by atoms with Crippen molar-refractivity contribution in [2.45, 2.75) is 66.8 Å². The van der Waals surface area contributed by atoms with Gasteiger partial charge in [-0.3, -0.25) is 4.79 Å². The smallest absolute Gasteiger partial charge is 0.226 e. The highest BCUT2D eigenvalue weighted by atomic mass is 32.1. The zero-order valence-corrected chi connectivity index (χ0v) is 15.0. The van der Waals surface area contributed by atoms with E-state index in [0.29, 0.717) is 5.75 Å². The monoisotopic (exact) mass is 303 g/mol. The van der Waals surface area contributed by atoms with Crippen LogP contribution in [0.3, 0.4) is 0 Å². The van der Waals surface area contributed by atoms with Crippen LogP contribution in [0.4, 0.5) is 0 Å². The van der Waals surface area contributed by atoms with Crippen LogP contribution in [0.25, 0.3) is 0 Å². The van der Waals surface area contributed by atoms with Crippen molar-refractivity contribution in [2.75, 3.05) is 12.3 Å². The first-order chi connectivity index (χ1) is 9.35. The average molecular weight is 304 g/mol. The predicted octanol–water partition coefficient (Wildman–Crippen LogP) is 3.82. The summed E-state index contributed by atoms with van der Waals surface area (Å²) in [5.41, 5.74) is 0. The zero-order valence-electron chi connectivity index (χ0n) is 14.1. The Kier molecular flexibility index (Phi) is 14.7. The molecule has 0 aromatic rings. The summed E-state index contributed by atoms with van der Waals surface area (Å²) < 4.78 is 0. The molecule has 0 bridgehead atoms. The number of carbonyl (C=O) groups is 2. The molecule has 1 saturated heterocycles. The van der Waals surface area contributed by atoms with Crippen LogP contribution in [0.1, 0.15) is 60.8 Å². The van der Waals surface area contributed by atoms with E-state index in [1.54, 1.807) is 4.90 Å². The Morgan fingerprint density at radius 1 is 1.30 bits per heavy atom. The number of amides is 1. The molecule has 2 atom stereocenters. The van der Waals surface area contributed by atoms with Gasteiger partial charge in [-0.1, -0.05) is 48.0 Å². The van der Waals surface area contributed by atoms with E-state index in [1.165, 1.54) is 6.42 Å².